The summed E-state index contributed by atoms with van der Waals surface area (Å²) in [6, 6.07) is 24.0. The second kappa shape index (κ2) is 10.2. The summed E-state index contributed by atoms with van der Waals surface area (Å²) < 4.78 is 7.81. The lowest BCUT2D eigenvalue weighted by Crippen LogP contribution is -2.37. The Bertz CT molecular complexity index is 1120. The first-order valence-corrected chi connectivity index (χ1v) is 10.4. The van der Waals surface area contributed by atoms with Crippen LogP contribution >= 0.6 is 0 Å². The Labute approximate surface area is 181 Å². The van der Waals surface area contributed by atoms with Crippen molar-refractivity contribution in [2.24, 2.45) is 4.99 Å². The first-order chi connectivity index (χ1) is 15.3. The molecule has 0 saturated heterocycles. The van der Waals surface area contributed by atoms with Crippen LogP contribution in [0.2, 0.25) is 0 Å². The van der Waals surface area contributed by atoms with Gasteiger partial charge in [-0.3, -0.25) is 4.40 Å². The molecule has 0 saturated carbocycles. The predicted octanol–water partition coefficient (Wildman–Crippen LogP) is 3.56. The summed E-state index contributed by atoms with van der Waals surface area (Å²) in [7, 11) is 0. The minimum atomic E-state index is 0.531. The van der Waals surface area contributed by atoms with Crippen molar-refractivity contribution in [2.75, 3.05) is 6.54 Å². The maximum atomic E-state index is 5.85. The summed E-state index contributed by atoms with van der Waals surface area (Å²) in [4.78, 5) is 4.68. The van der Waals surface area contributed by atoms with Gasteiger partial charge in [-0.25, -0.2) is 4.99 Å². The molecule has 158 valence electrons. The smallest absolute Gasteiger partial charge is 0.191 e. The molecule has 0 aliphatic carbocycles. The van der Waals surface area contributed by atoms with Crippen LogP contribution in [0.5, 0.6) is 5.75 Å². The SMILES string of the molecule is CCNC(=NCc1ccc(OCc2ccccc2)cc1)NCc1nnc2ccccn12. The number of nitrogens with zero attached hydrogens (tertiary/aromatic N) is 4. The molecular weight excluding hydrogens is 388 g/mol. The van der Waals surface area contributed by atoms with Crippen molar-refractivity contribution in [2.45, 2.75) is 26.6 Å². The lowest BCUT2D eigenvalue weighted by molar-refractivity contribution is 0.306. The second-order valence-electron chi connectivity index (χ2n) is 7.01. The minimum Gasteiger partial charge on any atom is -0.489 e. The summed E-state index contributed by atoms with van der Waals surface area (Å²) in [5.74, 6) is 2.42. The number of hydrogen-bond acceptors (Lipinski definition) is 4. The summed E-state index contributed by atoms with van der Waals surface area (Å²) in [6.45, 7) is 4.48. The van der Waals surface area contributed by atoms with Crippen LogP contribution in [0.1, 0.15) is 23.9 Å². The fourth-order valence-corrected chi connectivity index (χ4v) is 3.12. The van der Waals surface area contributed by atoms with Crippen LogP contribution < -0.4 is 15.4 Å². The number of guanidine groups is 1. The van der Waals surface area contributed by atoms with Gasteiger partial charge in [-0.1, -0.05) is 48.5 Å². The van der Waals surface area contributed by atoms with E-state index >= 15 is 0 Å². The maximum Gasteiger partial charge on any atom is 0.191 e. The molecule has 2 heterocycles. The highest BCUT2D eigenvalue weighted by Crippen LogP contribution is 2.15. The van der Waals surface area contributed by atoms with E-state index in [4.69, 9.17) is 4.74 Å². The molecule has 2 aromatic heterocycles. The van der Waals surface area contributed by atoms with E-state index in [1.54, 1.807) is 0 Å². The third-order valence-electron chi connectivity index (χ3n) is 4.73. The van der Waals surface area contributed by atoms with Gasteiger partial charge in [-0.2, -0.15) is 0 Å². The summed E-state index contributed by atoms with van der Waals surface area (Å²) in [5, 5.41) is 15.0. The van der Waals surface area contributed by atoms with Crippen molar-refractivity contribution in [3.63, 3.8) is 0 Å². The lowest BCUT2D eigenvalue weighted by Gasteiger charge is -2.11. The van der Waals surface area contributed by atoms with Gasteiger partial charge in [0.05, 0.1) is 13.1 Å². The Hall–Kier alpha value is -3.87. The molecule has 31 heavy (non-hydrogen) atoms. The van der Waals surface area contributed by atoms with Gasteiger partial charge in [0.2, 0.25) is 0 Å². The molecule has 4 rings (SSSR count). The Balaban J connectivity index is 1.33. The van der Waals surface area contributed by atoms with Gasteiger partial charge in [0.1, 0.15) is 12.4 Å². The number of benzene rings is 2. The summed E-state index contributed by atoms with van der Waals surface area (Å²) in [6.07, 6.45) is 1.96. The topological polar surface area (TPSA) is 75.8 Å². The minimum absolute atomic E-state index is 0.531. The summed E-state index contributed by atoms with van der Waals surface area (Å²) >= 11 is 0. The number of ether oxygens (including phenoxy) is 1. The van der Waals surface area contributed by atoms with Crippen molar-refractivity contribution < 1.29 is 4.74 Å². The zero-order chi connectivity index (χ0) is 21.3. The van der Waals surface area contributed by atoms with Gasteiger partial charge in [0.15, 0.2) is 17.4 Å². The predicted molar refractivity (Wildman–Crippen MR) is 122 cm³/mol. The molecule has 2 aromatic carbocycles. The molecule has 0 radical (unpaired) electrons. The first kappa shape index (κ1) is 20.4. The fourth-order valence-electron chi connectivity index (χ4n) is 3.12. The van der Waals surface area contributed by atoms with E-state index in [-0.39, 0.29) is 0 Å². The monoisotopic (exact) mass is 414 g/mol. The van der Waals surface area contributed by atoms with E-state index in [1.165, 1.54) is 0 Å². The Kier molecular flexibility index (Phi) is 6.74. The van der Waals surface area contributed by atoms with Crippen LogP contribution in [0.3, 0.4) is 0 Å². The lowest BCUT2D eigenvalue weighted by atomic mass is 10.2. The van der Waals surface area contributed by atoms with Crippen LogP contribution in [0.25, 0.3) is 5.65 Å². The average Bonchev–Trinajstić information content (AvgIpc) is 3.24. The number of aromatic nitrogens is 3. The normalized spacial score (nSPS) is 11.5. The van der Waals surface area contributed by atoms with Crippen molar-refractivity contribution >= 4 is 11.6 Å². The van der Waals surface area contributed by atoms with E-state index in [9.17, 15) is 0 Å². The van der Waals surface area contributed by atoms with Crippen LogP contribution in [-0.4, -0.2) is 27.1 Å². The highest BCUT2D eigenvalue weighted by Gasteiger charge is 2.06. The first-order valence-electron chi connectivity index (χ1n) is 10.4. The third-order valence-corrected chi connectivity index (χ3v) is 4.73. The molecule has 4 aromatic rings. The quantitative estimate of drug-likeness (QED) is 0.341. The Morgan fingerprint density at radius 2 is 1.71 bits per heavy atom. The molecular formula is C24H26N6O. The van der Waals surface area contributed by atoms with Crippen molar-refractivity contribution in [1.29, 1.82) is 0 Å². The van der Waals surface area contributed by atoms with Crippen LogP contribution in [-0.2, 0) is 19.7 Å². The van der Waals surface area contributed by atoms with E-state index in [0.717, 1.165) is 40.9 Å². The largest absolute Gasteiger partial charge is 0.489 e. The number of hydrogen-bond donors (Lipinski definition) is 2. The molecule has 0 aliphatic rings. The molecule has 2 N–H and O–H groups in total. The Morgan fingerprint density at radius 1 is 0.903 bits per heavy atom. The summed E-state index contributed by atoms with van der Waals surface area (Å²) in [5.41, 5.74) is 3.09. The van der Waals surface area contributed by atoms with Gasteiger partial charge in [-0.15, -0.1) is 10.2 Å². The fraction of sp³-hybridized carbons (Fsp3) is 0.208. The molecule has 0 fully saturated rings. The van der Waals surface area contributed by atoms with Gasteiger partial charge in [0, 0.05) is 12.7 Å². The Morgan fingerprint density at radius 3 is 2.52 bits per heavy atom. The number of rotatable bonds is 8. The molecule has 7 heteroatoms. The number of aliphatic imine (C=N–C) groups is 1. The molecule has 0 aliphatic heterocycles. The molecule has 7 nitrogen and oxygen atoms in total. The van der Waals surface area contributed by atoms with Crippen LogP contribution in [0.15, 0.2) is 84.0 Å². The van der Waals surface area contributed by atoms with Gasteiger partial charge in [0.25, 0.3) is 0 Å². The van der Waals surface area contributed by atoms with Crippen LogP contribution in [0, 0.1) is 0 Å². The van der Waals surface area contributed by atoms with Crippen molar-refractivity contribution in [3.8, 4) is 5.75 Å². The third kappa shape index (κ3) is 5.60. The van der Waals surface area contributed by atoms with Crippen molar-refractivity contribution in [1.82, 2.24) is 25.2 Å². The zero-order valence-corrected chi connectivity index (χ0v) is 17.5. The maximum absolute atomic E-state index is 5.85. The molecule has 0 unspecified atom stereocenters. The van der Waals surface area contributed by atoms with Gasteiger partial charge >= 0.3 is 0 Å². The highest BCUT2D eigenvalue weighted by molar-refractivity contribution is 5.79. The second-order valence-corrected chi connectivity index (χ2v) is 7.01. The molecule has 0 atom stereocenters. The highest BCUT2D eigenvalue weighted by atomic mass is 16.5. The van der Waals surface area contributed by atoms with E-state index in [1.807, 2.05) is 78.2 Å². The number of fused-ring (bicyclic) bond motifs is 1. The van der Waals surface area contributed by atoms with E-state index in [2.05, 4.69) is 38.0 Å². The van der Waals surface area contributed by atoms with Crippen LogP contribution in [0.4, 0.5) is 0 Å². The zero-order valence-electron chi connectivity index (χ0n) is 17.5. The standard InChI is InChI=1S/C24H26N6O/c1-2-25-24(27-17-23-29-28-22-10-6-7-15-30(22)23)26-16-19-11-13-21(14-12-19)31-18-20-8-4-3-5-9-20/h3-15H,2,16-18H2,1H3,(H2,25,26,27). The van der Waals surface area contributed by atoms with E-state index < -0.39 is 0 Å². The molecule has 0 amide bonds. The number of nitrogens with one attached hydrogen (secondary N) is 2. The molecule has 0 bridgehead atoms. The van der Waals surface area contributed by atoms with Gasteiger partial charge < -0.3 is 15.4 Å². The van der Waals surface area contributed by atoms with Gasteiger partial charge in [-0.05, 0) is 42.3 Å². The van der Waals surface area contributed by atoms with E-state index in [0.29, 0.717) is 19.7 Å². The average molecular weight is 415 g/mol. The molecule has 0 spiro atoms. The van der Waals surface area contributed by atoms with Crippen molar-refractivity contribution in [3.05, 3.63) is 95.9 Å². The number of pyridine rings is 1.